The zero-order valence-electron chi connectivity index (χ0n) is 25.4. The molecule has 0 spiro atoms. The highest BCUT2D eigenvalue weighted by molar-refractivity contribution is 7.25. The fourth-order valence-corrected chi connectivity index (χ4v) is 8.45. The van der Waals surface area contributed by atoms with E-state index in [9.17, 15) is 0 Å². The smallest absolute Gasteiger partial charge is 0.0470 e. The molecule has 1 N–H and O–H groups in total. The second-order valence-electron chi connectivity index (χ2n) is 12.3. The van der Waals surface area contributed by atoms with Gasteiger partial charge in [-0.25, -0.2) is 0 Å². The summed E-state index contributed by atoms with van der Waals surface area (Å²) in [5.74, 6) is 0. The van der Waals surface area contributed by atoms with Gasteiger partial charge < -0.3 is 10.2 Å². The van der Waals surface area contributed by atoms with Crippen LogP contribution in [0.3, 0.4) is 0 Å². The number of nitrogens with zero attached hydrogens (tertiary/aromatic N) is 1. The summed E-state index contributed by atoms with van der Waals surface area (Å²) in [6.45, 7) is 0. The molecule has 1 aliphatic heterocycles. The van der Waals surface area contributed by atoms with E-state index in [1.54, 1.807) is 0 Å². The van der Waals surface area contributed by atoms with Crippen molar-refractivity contribution in [3.05, 3.63) is 164 Å². The molecule has 0 saturated heterocycles. The fourth-order valence-electron chi connectivity index (χ4n) is 7.37. The van der Waals surface area contributed by atoms with Crippen molar-refractivity contribution in [1.29, 1.82) is 0 Å². The van der Waals surface area contributed by atoms with Crippen LogP contribution in [0.25, 0.3) is 64.0 Å². The number of benzene rings is 8. The van der Waals surface area contributed by atoms with E-state index >= 15 is 0 Å². The first-order valence-corrected chi connectivity index (χ1v) is 16.8. The first-order valence-electron chi connectivity index (χ1n) is 16.0. The standard InChI is InChI=1S/C44H28N2S/c1-2-11-31(12-3-1)46(33-21-24-43-39(27-33)35-13-6-7-16-42(35)47-43)32-19-17-28(18-20-32)34-22-23-40-44-36(34)14-8-15-37(44)38-25-29-9-4-5-10-30(29)26-41(38)45-40/h1-27,45H. The minimum absolute atomic E-state index is 1.13. The molecule has 0 atom stereocenters. The molecule has 0 bridgehead atoms. The molecular weight excluding hydrogens is 589 g/mol. The van der Waals surface area contributed by atoms with Crippen molar-refractivity contribution in [1.82, 2.24) is 0 Å². The van der Waals surface area contributed by atoms with Crippen molar-refractivity contribution < 1.29 is 0 Å². The molecule has 0 aliphatic carbocycles. The minimum atomic E-state index is 1.13. The molecule has 9 aromatic rings. The lowest BCUT2D eigenvalue weighted by molar-refractivity contribution is 1.29. The highest BCUT2D eigenvalue weighted by Gasteiger charge is 2.21. The summed E-state index contributed by atoms with van der Waals surface area (Å²) in [6, 6.07) is 59.7. The van der Waals surface area contributed by atoms with E-state index < -0.39 is 0 Å². The number of thiophene rings is 1. The summed E-state index contributed by atoms with van der Waals surface area (Å²) in [6.07, 6.45) is 0. The van der Waals surface area contributed by atoms with Gasteiger partial charge in [-0.15, -0.1) is 11.3 Å². The van der Waals surface area contributed by atoms with Crippen LogP contribution in [0, 0.1) is 0 Å². The van der Waals surface area contributed by atoms with Crippen LogP contribution in [-0.4, -0.2) is 0 Å². The molecule has 8 aromatic carbocycles. The van der Waals surface area contributed by atoms with Crippen LogP contribution in [0.5, 0.6) is 0 Å². The highest BCUT2D eigenvalue weighted by atomic mass is 32.1. The van der Waals surface area contributed by atoms with Gasteiger partial charge in [0, 0.05) is 59.6 Å². The van der Waals surface area contributed by atoms with Gasteiger partial charge in [0.1, 0.15) is 0 Å². The number of hydrogen-bond donors (Lipinski definition) is 1. The van der Waals surface area contributed by atoms with Gasteiger partial charge in [-0.1, -0.05) is 97.1 Å². The lowest BCUT2D eigenvalue weighted by Gasteiger charge is -2.26. The number of hydrogen-bond acceptors (Lipinski definition) is 3. The first kappa shape index (κ1) is 26.3. The van der Waals surface area contributed by atoms with E-state index in [4.69, 9.17) is 0 Å². The van der Waals surface area contributed by atoms with Gasteiger partial charge in [-0.2, -0.15) is 0 Å². The summed E-state index contributed by atoms with van der Waals surface area (Å²) < 4.78 is 2.63. The maximum absolute atomic E-state index is 3.75. The number of rotatable bonds is 4. The van der Waals surface area contributed by atoms with E-state index in [0.717, 1.165) is 28.4 Å². The van der Waals surface area contributed by atoms with Gasteiger partial charge in [0.2, 0.25) is 0 Å². The lowest BCUT2D eigenvalue weighted by Crippen LogP contribution is -2.09. The number of anilines is 5. The molecule has 47 heavy (non-hydrogen) atoms. The van der Waals surface area contributed by atoms with E-state index in [1.807, 2.05) is 11.3 Å². The fraction of sp³-hybridized carbons (Fsp3) is 0. The summed E-state index contributed by atoms with van der Waals surface area (Å²) in [7, 11) is 0. The molecule has 1 aromatic heterocycles. The van der Waals surface area contributed by atoms with Gasteiger partial charge in [-0.05, 0) is 99.6 Å². The van der Waals surface area contributed by atoms with E-state index in [1.165, 1.54) is 64.0 Å². The highest BCUT2D eigenvalue weighted by Crippen LogP contribution is 2.48. The zero-order chi connectivity index (χ0) is 30.9. The van der Waals surface area contributed by atoms with Crippen LogP contribution in [-0.2, 0) is 0 Å². The molecule has 0 amide bonds. The van der Waals surface area contributed by atoms with Crippen LogP contribution in [0.4, 0.5) is 28.4 Å². The Morgan fingerprint density at radius 1 is 0.404 bits per heavy atom. The third kappa shape index (κ3) is 4.17. The Hall–Kier alpha value is -5.90. The van der Waals surface area contributed by atoms with Crippen molar-refractivity contribution in [3.63, 3.8) is 0 Å². The molecule has 1 aliphatic rings. The monoisotopic (exact) mass is 616 g/mol. The van der Waals surface area contributed by atoms with E-state index in [-0.39, 0.29) is 0 Å². The second-order valence-corrected chi connectivity index (χ2v) is 13.3. The predicted molar refractivity (Wildman–Crippen MR) is 203 cm³/mol. The number of fused-ring (bicyclic) bond motifs is 6. The van der Waals surface area contributed by atoms with Crippen molar-refractivity contribution in [2.75, 3.05) is 10.2 Å². The summed E-state index contributed by atoms with van der Waals surface area (Å²) in [5.41, 5.74) is 10.7. The Morgan fingerprint density at radius 2 is 1.11 bits per heavy atom. The van der Waals surface area contributed by atoms with Gasteiger partial charge >= 0.3 is 0 Å². The van der Waals surface area contributed by atoms with Crippen molar-refractivity contribution in [2.45, 2.75) is 0 Å². The number of nitrogens with one attached hydrogen (secondary N) is 1. The van der Waals surface area contributed by atoms with Crippen LogP contribution in [0.2, 0.25) is 0 Å². The van der Waals surface area contributed by atoms with Crippen LogP contribution >= 0.6 is 11.3 Å². The molecule has 3 heteroatoms. The molecule has 0 saturated carbocycles. The van der Waals surface area contributed by atoms with Gasteiger partial charge in [0.15, 0.2) is 0 Å². The van der Waals surface area contributed by atoms with Crippen molar-refractivity contribution in [3.8, 4) is 22.3 Å². The Labute approximate surface area is 276 Å². The molecule has 2 heterocycles. The molecule has 220 valence electrons. The maximum Gasteiger partial charge on any atom is 0.0470 e. The topological polar surface area (TPSA) is 15.3 Å². The summed E-state index contributed by atoms with van der Waals surface area (Å²) >= 11 is 1.86. The molecular formula is C44H28N2S. The Bertz CT molecular complexity index is 2650. The Balaban J connectivity index is 1.09. The summed E-state index contributed by atoms with van der Waals surface area (Å²) in [4.78, 5) is 2.36. The Morgan fingerprint density at radius 3 is 1.98 bits per heavy atom. The maximum atomic E-state index is 3.75. The molecule has 0 unspecified atom stereocenters. The Kier molecular flexibility index (Phi) is 5.78. The molecule has 0 fully saturated rings. The minimum Gasteiger partial charge on any atom is -0.354 e. The predicted octanol–water partition coefficient (Wildman–Crippen LogP) is 13.2. The second kappa shape index (κ2) is 10.3. The molecule has 10 rings (SSSR count). The van der Waals surface area contributed by atoms with Crippen LogP contribution in [0.15, 0.2) is 164 Å². The zero-order valence-corrected chi connectivity index (χ0v) is 26.3. The first-order chi connectivity index (χ1) is 23.3. The van der Waals surface area contributed by atoms with Gasteiger partial charge in [0.05, 0.1) is 0 Å². The van der Waals surface area contributed by atoms with Crippen molar-refractivity contribution in [2.24, 2.45) is 0 Å². The normalized spacial score (nSPS) is 12.0. The van der Waals surface area contributed by atoms with Crippen LogP contribution < -0.4 is 10.2 Å². The van der Waals surface area contributed by atoms with Gasteiger partial charge in [-0.3, -0.25) is 0 Å². The van der Waals surface area contributed by atoms with Crippen molar-refractivity contribution >= 4 is 81.5 Å². The molecule has 2 nitrogen and oxygen atoms in total. The largest absolute Gasteiger partial charge is 0.354 e. The van der Waals surface area contributed by atoms with E-state index in [0.29, 0.717) is 0 Å². The quantitative estimate of drug-likeness (QED) is 0.212. The third-order valence-corrected chi connectivity index (χ3v) is 10.7. The average molecular weight is 617 g/mol. The van der Waals surface area contributed by atoms with Gasteiger partial charge in [0.25, 0.3) is 0 Å². The van der Waals surface area contributed by atoms with E-state index in [2.05, 4.69) is 174 Å². The average Bonchev–Trinajstić information content (AvgIpc) is 3.50. The third-order valence-electron chi connectivity index (χ3n) is 9.56. The SMILES string of the molecule is c1ccc(N(c2ccc(-c3ccc4c5c(cccc35)-c3cc5ccccc5cc3N4)cc2)c2ccc3sc4ccccc4c3c2)cc1. The lowest BCUT2D eigenvalue weighted by atomic mass is 9.88. The molecule has 0 radical (unpaired) electrons. The van der Waals surface area contributed by atoms with Crippen LogP contribution in [0.1, 0.15) is 0 Å². The summed E-state index contributed by atoms with van der Waals surface area (Å²) in [5, 5.41) is 11.4. The number of para-hydroxylation sites is 1.